The van der Waals surface area contributed by atoms with Gasteiger partial charge in [0.25, 0.3) is 5.91 Å². The molecule has 0 radical (unpaired) electrons. The van der Waals surface area contributed by atoms with E-state index in [-0.39, 0.29) is 11.5 Å². The Hall–Kier alpha value is -3.74. The van der Waals surface area contributed by atoms with Crippen LogP contribution in [0.4, 0.5) is 0 Å². The number of rotatable bonds is 3. The molecule has 5 rings (SSSR count). The van der Waals surface area contributed by atoms with Crippen molar-refractivity contribution in [2.75, 3.05) is 13.7 Å². The number of carbonyl (C=O) groups excluding carboxylic acids is 1. The number of ether oxygens (including phenoxy) is 1. The zero-order valence-corrected chi connectivity index (χ0v) is 15.8. The number of carboxylic acids is 1. The molecule has 2 aromatic carbocycles. The summed E-state index contributed by atoms with van der Waals surface area (Å²) in [4.78, 5) is 32.8. The first-order chi connectivity index (χ1) is 14.0. The number of carbonyl (C=O) groups is 2. The molecule has 3 heterocycles. The first-order valence-electron chi connectivity index (χ1n) is 9.36. The van der Waals surface area contributed by atoms with Crippen molar-refractivity contribution in [3.8, 4) is 5.75 Å². The maximum absolute atomic E-state index is 13.1. The van der Waals surface area contributed by atoms with Crippen molar-refractivity contribution in [2.45, 2.75) is 13.0 Å². The first-order valence-corrected chi connectivity index (χ1v) is 9.36. The molecule has 0 unspecified atom stereocenters. The van der Waals surface area contributed by atoms with Crippen LogP contribution in [0, 0.1) is 0 Å². The predicted molar refractivity (Wildman–Crippen MR) is 109 cm³/mol. The average Bonchev–Trinajstić information content (AvgIpc) is 3.32. The van der Waals surface area contributed by atoms with Crippen LogP contribution in [0.5, 0.6) is 5.75 Å². The molecule has 2 aromatic heterocycles. The molecule has 1 amide bonds. The van der Waals surface area contributed by atoms with Crippen molar-refractivity contribution >= 4 is 33.7 Å². The molecule has 29 heavy (non-hydrogen) atoms. The lowest BCUT2D eigenvalue weighted by molar-refractivity contribution is 0.0694. The maximum Gasteiger partial charge on any atom is 0.335 e. The quantitative estimate of drug-likeness (QED) is 0.499. The zero-order valence-electron chi connectivity index (χ0n) is 15.8. The van der Waals surface area contributed by atoms with Gasteiger partial charge in [-0.1, -0.05) is 0 Å². The highest BCUT2D eigenvalue weighted by Gasteiger charge is 2.26. The van der Waals surface area contributed by atoms with E-state index in [2.05, 4.69) is 9.97 Å². The Morgan fingerprint density at radius 1 is 1.07 bits per heavy atom. The topological polar surface area (TPSA) is 98.4 Å². The third-order valence-electron chi connectivity index (χ3n) is 5.57. The van der Waals surface area contributed by atoms with E-state index in [1.165, 1.54) is 0 Å². The highest BCUT2D eigenvalue weighted by atomic mass is 16.5. The predicted octanol–water partition coefficient (Wildman–Crippen LogP) is 3.55. The van der Waals surface area contributed by atoms with E-state index < -0.39 is 5.97 Å². The van der Waals surface area contributed by atoms with Gasteiger partial charge in [-0.2, -0.15) is 0 Å². The van der Waals surface area contributed by atoms with Crippen LogP contribution in [0.15, 0.2) is 42.5 Å². The smallest absolute Gasteiger partial charge is 0.335 e. The van der Waals surface area contributed by atoms with Crippen LogP contribution >= 0.6 is 0 Å². The number of methoxy groups -OCH3 is 1. The van der Waals surface area contributed by atoms with Gasteiger partial charge in [0.2, 0.25) is 0 Å². The minimum absolute atomic E-state index is 0.0745. The molecule has 4 aromatic rings. The SMILES string of the molecule is COc1ccc2cc(C(=O)N3CCc4[nH]c5ccc(C(=O)O)cc5c4C3)[nH]c2c1. The van der Waals surface area contributed by atoms with Gasteiger partial charge in [0.1, 0.15) is 11.4 Å². The van der Waals surface area contributed by atoms with Crippen LogP contribution < -0.4 is 4.74 Å². The Morgan fingerprint density at radius 2 is 1.93 bits per heavy atom. The molecule has 7 nitrogen and oxygen atoms in total. The van der Waals surface area contributed by atoms with Crippen molar-refractivity contribution in [1.29, 1.82) is 0 Å². The van der Waals surface area contributed by atoms with Gasteiger partial charge in [0.15, 0.2) is 0 Å². The number of nitrogens with one attached hydrogen (secondary N) is 2. The van der Waals surface area contributed by atoms with Crippen LogP contribution in [0.25, 0.3) is 21.8 Å². The van der Waals surface area contributed by atoms with Gasteiger partial charge in [-0.05, 0) is 36.4 Å². The molecule has 1 aliphatic heterocycles. The fraction of sp³-hybridized carbons (Fsp3) is 0.182. The molecule has 0 aliphatic carbocycles. The lowest BCUT2D eigenvalue weighted by atomic mass is 10.0. The number of amides is 1. The molecule has 0 saturated carbocycles. The summed E-state index contributed by atoms with van der Waals surface area (Å²) in [5.41, 5.74) is 4.57. The van der Waals surface area contributed by atoms with Gasteiger partial charge in [0.05, 0.1) is 12.7 Å². The third-order valence-corrected chi connectivity index (χ3v) is 5.57. The van der Waals surface area contributed by atoms with Gasteiger partial charge >= 0.3 is 5.97 Å². The fourth-order valence-corrected chi connectivity index (χ4v) is 4.04. The van der Waals surface area contributed by atoms with Crippen molar-refractivity contribution < 1.29 is 19.4 Å². The standard InChI is InChI=1S/C22H19N3O4/c1-29-14-4-2-12-9-20(24-19(12)10-14)21(26)25-7-6-18-16(11-25)15-8-13(22(27)28)3-5-17(15)23-18/h2-5,8-10,23-24H,6-7,11H2,1H3,(H,27,28). The Morgan fingerprint density at radius 3 is 2.72 bits per heavy atom. The molecular formula is C22H19N3O4. The summed E-state index contributed by atoms with van der Waals surface area (Å²) in [6.07, 6.45) is 0.701. The van der Waals surface area contributed by atoms with E-state index in [9.17, 15) is 14.7 Å². The van der Waals surface area contributed by atoms with Gasteiger partial charge in [-0.15, -0.1) is 0 Å². The molecule has 1 aliphatic rings. The summed E-state index contributed by atoms with van der Waals surface area (Å²) in [7, 11) is 1.61. The minimum Gasteiger partial charge on any atom is -0.497 e. The summed E-state index contributed by atoms with van der Waals surface area (Å²) in [6, 6.07) is 12.6. The summed E-state index contributed by atoms with van der Waals surface area (Å²) < 4.78 is 5.25. The number of carboxylic acid groups (broad SMARTS) is 1. The highest BCUT2D eigenvalue weighted by molar-refractivity contribution is 5.99. The van der Waals surface area contributed by atoms with Crippen LogP contribution in [0.2, 0.25) is 0 Å². The summed E-state index contributed by atoms with van der Waals surface area (Å²) >= 11 is 0. The number of hydrogen-bond donors (Lipinski definition) is 3. The molecule has 0 spiro atoms. The number of aromatic carboxylic acids is 1. The fourth-order valence-electron chi connectivity index (χ4n) is 4.04. The van der Waals surface area contributed by atoms with E-state index in [0.717, 1.165) is 38.8 Å². The van der Waals surface area contributed by atoms with Crippen molar-refractivity contribution in [3.05, 3.63) is 65.0 Å². The lowest BCUT2D eigenvalue weighted by Gasteiger charge is -2.27. The monoisotopic (exact) mass is 389 g/mol. The van der Waals surface area contributed by atoms with Crippen molar-refractivity contribution in [2.24, 2.45) is 0 Å². The first kappa shape index (κ1) is 17.4. The van der Waals surface area contributed by atoms with E-state index >= 15 is 0 Å². The van der Waals surface area contributed by atoms with Crippen LogP contribution in [-0.2, 0) is 13.0 Å². The van der Waals surface area contributed by atoms with Crippen LogP contribution in [-0.4, -0.2) is 45.5 Å². The molecule has 0 saturated heterocycles. The zero-order chi connectivity index (χ0) is 20.1. The largest absolute Gasteiger partial charge is 0.497 e. The molecule has 146 valence electrons. The third kappa shape index (κ3) is 2.82. The lowest BCUT2D eigenvalue weighted by Crippen LogP contribution is -2.36. The average molecular weight is 389 g/mol. The second-order valence-electron chi connectivity index (χ2n) is 7.26. The number of aromatic nitrogens is 2. The Balaban J connectivity index is 1.48. The van der Waals surface area contributed by atoms with Crippen molar-refractivity contribution in [3.63, 3.8) is 0 Å². The summed E-state index contributed by atoms with van der Waals surface area (Å²) in [5.74, 6) is -0.303. The van der Waals surface area contributed by atoms with E-state index in [4.69, 9.17) is 4.74 Å². The van der Waals surface area contributed by atoms with Gasteiger partial charge in [-0.25, -0.2) is 4.79 Å². The van der Waals surface area contributed by atoms with Crippen LogP contribution in [0.3, 0.4) is 0 Å². The molecule has 0 atom stereocenters. The van der Waals surface area contributed by atoms with Gasteiger partial charge in [-0.3, -0.25) is 4.79 Å². The normalized spacial score (nSPS) is 13.6. The van der Waals surface area contributed by atoms with E-state index in [1.54, 1.807) is 30.2 Å². The summed E-state index contributed by atoms with van der Waals surface area (Å²) in [6.45, 7) is 1.04. The number of nitrogens with zero attached hydrogens (tertiary/aromatic N) is 1. The molecule has 3 N–H and O–H groups in total. The van der Waals surface area contributed by atoms with Crippen molar-refractivity contribution in [1.82, 2.24) is 14.9 Å². The van der Waals surface area contributed by atoms with E-state index in [1.807, 2.05) is 24.3 Å². The molecule has 0 fully saturated rings. The van der Waals surface area contributed by atoms with Gasteiger partial charge in [0, 0.05) is 58.6 Å². The Labute approximate surface area is 165 Å². The van der Waals surface area contributed by atoms with E-state index in [0.29, 0.717) is 25.2 Å². The molecule has 7 heteroatoms. The number of aromatic amines is 2. The van der Waals surface area contributed by atoms with Gasteiger partial charge < -0.3 is 24.7 Å². The number of benzene rings is 2. The Kier molecular flexibility index (Phi) is 3.84. The molecular weight excluding hydrogens is 370 g/mol. The minimum atomic E-state index is -0.959. The number of H-pyrrole nitrogens is 2. The second kappa shape index (κ2) is 6.41. The molecule has 0 bridgehead atoms. The maximum atomic E-state index is 13.1. The summed E-state index contributed by atoms with van der Waals surface area (Å²) in [5, 5.41) is 11.1. The van der Waals surface area contributed by atoms with Crippen LogP contribution in [0.1, 0.15) is 32.1 Å². The Bertz CT molecular complexity index is 1280. The number of hydrogen-bond acceptors (Lipinski definition) is 3. The number of fused-ring (bicyclic) bond motifs is 4. The second-order valence-corrected chi connectivity index (χ2v) is 7.26. The highest BCUT2D eigenvalue weighted by Crippen LogP contribution is 2.30.